The minimum absolute atomic E-state index is 0.0468. The second kappa shape index (κ2) is 5.54. The number of carbonyl (C=O) groups is 3. The molecule has 1 aliphatic rings. The van der Waals surface area contributed by atoms with Crippen molar-refractivity contribution in [1.29, 1.82) is 0 Å². The van der Waals surface area contributed by atoms with Crippen LogP contribution in [0.5, 0.6) is 0 Å². The van der Waals surface area contributed by atoms with E-state index in [4.69, 9.17) is 5.73 Å². The van der Waals surface area contributed by atoms with Crippen molar-refractivity contribution in [2.45, 2.75) is 24.7 Å². The summed E-state index contributed by atoms with van der Waals surface area (Å²) in [6.07, 6.45) is -5.34. The molecule has 0 spiro atoms. The molecule has 2 rings (SSSR count). The number of alkyl halides is 3. The normalized spacial score (nSPS) is 22.7. The number of hydrogen-bond acceptors (Lipinski definition) is 5. The van der Waals surface area contributed by atoms with Crippen LogP contribution < -0.4 is 11.1 Å². The number of nitrogens with two attached hydrogens (primary N) is 1. The largest absolute Gasteiger partial charge is 0.493 e. The molecule has 1 unspecified atom stereocenters. The number of urea groups is 1. The molecule has 0 aromatic heterocycles. The molecule has 1 heterocycles. The Morgan fingerprint density at radius 1 is 1.30 bits per heavy atom. The lowest BCUT2D eigenvalue weighted by molar-refractivity contribution is -0.240. The van der Waals surface area contributed by atoms with Crippen LogP contribution in [0.25, 0.3) is 0 Å². The van der Waals surface area contributed by atoms with Gasteiger partial charge in [-0.05, 0) is 12.5 Å². The third-order valence-corrected chi connectivity index (χ3v) is 3.35. The number of hydrogen-bond donors (Lipinski definition) is 2. The Hall–Kier alpha value is -2.62. The van der Waals surface area contributed by atoms with Gasteiger partial charge < -0.3 is 10.6 Å². The smallest absolute Gasteiger partial charge is 0.327 e. The van der Waals surface area contributed by atoms with Gasteiger partial charge in [-0.1, -0.05) is 30.3 Å². The molecule has 2 atom stereocenters. The van der Waals surface area contributed by atoms with Crippen LogP contribution in [0.4, 0.5) is 18.0 Å². The van der Waals surface area contributed by atoms with E-state index in [-0.39, 0.29) is 10.6 Å². The Morgan fingerprint density at radius 3 is 2.35 bits per heavy atom. The van der Waals surface area contributed by atoms with Gasteiger partial charge in [-0.25, -0.2) is 9.59 Å². The molecule has 1 aromatic carbocycles. The van der Waals surface area contributed by atoms with Gasteiger partial charge in [0, 0.05) is 6.04 Å². The van der Waals surface area contributed by atoms with Gasteiger partial charge in [0.1, 0.15) is 0 Å². The van der Waals surface area contributed by atoms with Gasteiger partial charge in [0.15, 0.2) is 0 Å². The SMILES string of the molecule is CC(N)[C@]1(c2ccccc2)C(=O)NC(=O)N1OC(=O)C(F)(F)F. The van der Waals surface area contributed by atoms with Crippen molar-refractivity contribution in [1.82, 2.24) is 10.4 Å². The molecule has 7 nitrogen and oxygen atoms in total. The highest BCUT2D eigenvalue weighted by Crippen LogP contribution is 2.37. The molecular formula is C13H12F3N3O4. The fourth-order valence-electron chi connectivity index (χ4n) is 2.34. The monoisotopic (exact) mass is 331 g/mol. The van der Waals surface area contributed by atoms with E-state index in [0.717, 1.165) is 0 Å². The van der Waals surface area contributed by atoms with E-state index in [0.29, 0.717) is 0 Å². The Kier molecular flexibility index (Phi) is 4.03. The predicted molar refractivity (Wildman–Crippen MR) is 69.3 cm³/mol. The van der Waals surface area contributed by atoms with E-state index in [1.54, 1.807) is 6.07 Å². The van der Waals surface area contributed by atoms with E-state index in [1.165, 1.54) is 31.2 Å². The molecule has 1 fully saturated rings. The standard InChI is InChI=1S/C13H12F3N3O4/c1-7(17)12(8-5-3-2-4-6-8)9(20)18-11(22)19(12)23-10(21)13(14,15)16/h2-7H,17H2,1H3,(H,18,20,22)/t7?,12-/m0/s1. The highest BCUT2D eigenvalue weighted by molar-refractivity contribution is 6.07. The van der Waals surface area contributed by atoms with Crippen molar-refractivity contribution in [3.63, 3.8) is 0 Å². The molecule has 0 aliphatic carbocycles. The highest BCUT2D eigenvalue weighted by Gasteiger charge is 2.61. The first-order valence-electron chi connectivity index (χ1n) is 6.37. The van der Waals surface area contributed by atoms with Gasteiger partial charge in [0.2, 0.25) is 5.54 Å². The van der Waals surface area contributed by atoms with Crippen LogP contribution in [0, 0.1) is 0 Å². The lowest BCUT2D eigenvalue weighted by Crippen LogP contribution is -2.58. The number of amides is 3. The van der Waals surface area contributed by atoms with Crippen LogP contribution in [0.2, 0.25) is 0 Å². The van der Waals surface area contributed by atoms with Crippen LogP contribution >= 0.6 is 0 Å². The molecular weight excluding hydrogens is 319 g/mol. The van der Waals surface area contributed by atoms with Gasteiger partial charge in [-0.2, -0.15) is 13.2 Å². The average Bonchev–Trinajstić information content (AvgIpc) is 2.70. The molecule has 3 N–H and O–H groups in total. The van der Waals surface area contributed by atoms with E-state index < -0.39 is 35.7 Å². The lowest BCUT2D eigenvalue weighted by Gasteiger charge is -2.36. The summed E-state index contributed by atoms with van der Waals surface area (Å²) in [6, 6.07) is 4.88. The lowest BCUT2D eigenvalue weighted by atomic mass is 9.83. The molecule has 0 bridgehead atoms. The number of benzene rings is 1. The highest BCUT2D eigenvalue weighted by atomic mass is 19.4. The van der Waals surface area contributed by atoms with Crippen LogP contribution in [0.15, 0.2) is 30.3 Å². The van der Waals surface area contributed by atoms with Crippen LogP contribution in [0.3, 0.4) is 0 Å². The zero-order valence-corrected chi connectivity index (χ0v) is 11.8. The molecule has 1 aromatic rings. The summed E-state index contributed by atoms with van der Waals surface area (Å²) in [6.45, 7) is 1.31. The fourth-order valence-corrected chi connectivity index (χ4v) is 2.34. The number of nitrogens with one attached hydrogen (secondary N) is 1. The second-order valence-electron chi connectivity index (χ2n) is 4.85. The van der Waals surface area contributed by atoms with Gasteiger partial charge in [0.25, 0.3) is 5.91 Å². The van der Waals surface area contributed by atoms with Crippen molar-refractivity contribution in [2.75, 3.05) is 0 Å². The van der Waals surface area contributed by atoms with Crippen molar-refractivity contribution in [3.05, 3.63) is 35.9 Å². The van der Waals surface area contributed by atoms with Crippen molar-refractivity contribution in [3.8, 4) is 0 Å². The first-order chi connectivity index (χ1) is 10.6. The van der Waals surface area contributed by atoms with E-state index >= 15 is 0 Å². The summed E-state index contributed by atoms with van der Waals surface area (Å²) in [4.78, 5) is 39.3. The van der Waals surface area contributed by atoms with Gasteiger partial charge in [-0.15, -0.1) is 5.06 Å². The average molecular weight is 331 g/mol. The van der Waals surface area contributed by atoms with Crippen molar-refractivity contribution >= 4 is 17.9 Å². The van der Waals surface area contributed by atoms with E-state index in [1.807, 2.05) is 5.32 Å². The zero-order chi connectivity index (χ0) is 17.4. The number of halogens is 3. The third kappa shape index (κ3) is 2.61. The van der Waals surface area contributed by atoms with Crippen molar-refractivity contribution < 1.29 is 32.4 Å². The van der Waals surface area contributed by atoms with Crippen LogP contribution in [-0.4, -0.2) is 35.2 Å². The topological polar surface area (TPSA) is 102 Å². The quantitative estimate of drug-likeness (QED) is 0.798. The minimum Gasteiger partial charge on any atom is -0.327 e. The molecule has 3 amide bonds. The molecule has 0 saturated carbocycles. The molecule has 10 heteroatoms. The van der Waals surface area contributed by atoms with Crippen LogP contribution in [0.1, 0.15) is 12.5 Å². The number of rotatable bonds is 3. The van der Waals surface area contributed by atoms with Gasteiger partial charge in [-0.3, -0.25) is 10.1 Å². The molecule has 23 heavy (non-hydrogen) atoms. The minimum atomic E-state index is -5.34. The molecule has 1 aliphatic heterocycles. The van der Waals surface area contributed by atoms with E-state index in [9.17, 15) is 27.6 Å². The maximum atomic E-state index is 12.4. The summed E-state index contributed by atoms with van der Waals surface area (Å²) >= 11 is 0. The van der Waals surface area contributed by atoms with Gasteiger partial charge in [0.05, 0.1) is 0 Å². The number of hydroxylamine groups is 2. The maximum Gasteiger partial charge on any atom is 0.493 e. The molecule has 124 valence electrons. The van der Waals surface area contributed by atoms with Gasteiger partial charge >= 0.3 is 18.2 Å². The summed E-state index contributed by atoms with van der Waals surface area (Å²) in [5, 5.41) is 1.86. The zero-order valence-electron chi connectivity index (χ0n) is 11.8. The Balaban J connectivity index is 2.55. The number of nitrogens with zero attached hydrogens (tertiary/aromatic N) is 1. The second-order valence-corrected chi connectivity index (χ2v) is 4.85. The number of imide groups is 1. The summed E-state index contributed by atoms with van der Waals surface area (Å²) in [5.41, 5.74) is 3.77. The first-order valence-corrected chi connectivity index (χ1v) is 6.37. The summed E-state index contributed by atoms with van der Waals surface area (Å²) in [7, 11) is 0. The maximum absolute atomic E-state index is 12.4. The Bertz CT molecular complexity index is 648. The molecule has 1 saturated heterocycles. The van der Waals surface area contributed by atoms with Crippen LogP contribution in [-0.2, 0) is 20.0 Å². The summed E-state index contributed by atoms with van der Waals surface area (Å²) < 4.78 is 37.3. The van der Waals surface area contributed by atoms with E-state index in [2.05, 4.69) is 4.84 Å². The summed E-state index contributed by atoms with van der Waals surface area (Å²) in [5.74, 6) is -3.62. The molecule has 0 radical (unpaired) electrons. The number of carbonyl (C=O) groups excluding carboxylic acids is 3. The van der Waals surface area contributed by atoms with Crippen molar-refractivity contribution in [2.24, 2.45) is 5.73 Å². The third-order valence-electron chi connectivity index (χ3n) is 3.35. The predicted octanol–water partition coefficient (Wildman–Crippen LogP) is 0.801. The Labute approximate surface area is 128 Å². The first kappa shape index (κ1) is 16.7. The Morgan fingerprint density at radius 2 is 1.87 bits per heavy atom. The fraction of sp³-hybridized carbons (Fsp3) is 0.308.